The molecule has 0 amide bonds. The van der Waals surface area contributed by atoms with Gasteiger partial charge in [0, 0.05) is 6.04 Å². The molecule has 1 aromatic heterocycles. The van der Waals surface area contributed by atoms with Crippen LogP contribution in [-0.2, 0) is 11.1 Å². The van der Waals surface area contributed by atoms with Crippen molar-refractivity contribution in [2.24, 2.45) is 5.92 Å². The second-order valence-electron chi connectivity index (χ2n) is 8.71. The fourth-order valence-electron chi connectivity index (χ4n) is 4.97. The summed E-state index contributed by atoms with van der Waals surface area (Å²) in [6, 6.07) is 3.03. The van der Waals surface area contributed by atoms with Crippen LogP contribution in [0.1, 0.15) is 89.7 Å². The molecule has 1 atom stereocenters. The summed E-state index contributed by atoms with van der Waals surface area (Å²) < 4.78 is 1.84. The molecule has 3 aliphatic rings. The van der Waals surface area contributed by atoms with Crippen LogP contribution in [0.5, 0.6) is 0 Å². The van der Waals surface area contributed by atoms with E-state index in [1.807, 2.05) is 4.68 Å². The molecule has 0 saturated heterocycles. The lowest BCUT2D eigenvalue weighted by atomic mass is 9.73. The highest BCUT2D eigenvalue weighted by Gasteiger charge is 2.48. The molecular formula is C20H31N5. The Kier molecular flexibility index (Phi) is 4.58. The first-order valence-electron chi connectivity index (χ1n) is 10.3. The van der Waals surface area contributed by atoms with E-state index in [2.05, 4.69) is 34.8 Å². The standard InChI is InChI=1S/C20H31N5/c1-19(16-8-4-2-5-9-16,22-17-10-6-3-7-11-17)18-14-25(24-23-18)20(15-21)12-13-20/h14,16-17,22H,2-13H2,1H3. The minimum Gasteiger partial charge on any atom is -0.303 e. The zero-order valence-corrected chi connectivity index (χ0v) is 15.5. The summed E-state index contributed by atoms with van der Waals surface area (Å²) in [5.41, 5.74) is 0.516. The predicted octanol–water partition coefficient (Wildman–Crippen LogP) is 4.01. The van der Waals surface area contributed by atoms with Crippen LogP contribution in [-0.4, -0.2) is 21.0 Å². The lowest BCUT2D eigenvalue weighted by Crippen LogP contribution is -2.52. The Labute approximate surface area is 151 Å². The summed E-state index contributed by atoms with van der Waals surface area (Å²) in [6.45, 7) is 2.35. The third-order valence-electron chi connectivity index (χ3n) is 6.93. The van der Waals surface area contributed by atoms with Crippen molar-refractivity contribution in [2.45, 2.75) is 101 Å². The Balaban J connectivity index is 1.61. The molecule has 1 unspecified atom stereocenters. The van der Waals surface area contributed by atoms with Gasteiger partial charge in [-0.2, -0.15) is 5.26 Å². The molecule has 5 heteroatoms. The minimum atomic E-state index is -0.413. The zero-order valence-electron chi connectivity index (χ0n) is 15.5. The number of hydrogen-bond donors (Lipinski definition) is 1. The van der Waals surface area contributed by atoms with Crippen LogP contribution in [0.15, 0.2) is 6.20 Å². The van der Waals surface area contributed by atoms with Crippen molar-refractivity contribution in [3.63, 3.8) is 0 Å². The smallest absolute Gasteiger partial charge is 0.150 e. The van der Waals surface area contributed by atoms with Gasteiger partial charge in [-0.15, -0.1) is 5.10 Å². The van der Waals surface area contributed by atoms with Gasteiger partial charge in [-0.05, 0) is 51.4 Å². The number of nitriles is 1. The average molecular weight is 342 g/mol. The molecule has 3 fully saturated rings. The molecule has 0 bridgehead atoms. The number of hydrogen-bond acceptors (Lipinski definition) is 4. The first kappa shape index (κ1) is 17.0. The van der Waals surface area contributed by atoms with Crippen molar-refractivity contribution in [3.05, 3.63) is 11.9 Å². The summed E-state index contributed by atoms with van der Waals surface area (Å²) in [7, 11) is 0. The van der Waals surface area contributed by atoms with Crippen molar-refractivity contribution in [1.82, 2.24) is 20.3 Å². The van der Waals surface area contributed by atoms with E-state index in [0.29, 0.717) is 12.0 Å². The van der Waals surface area contributed by atoms with E-state index in [1.165, 1.54) is 64.2 Å². The topological polar surface area (TPSA) is 66.5 Å². The molecule has 25 heavy (non-hydrogen) atoms. The molecule has 3 saturated carbocycles. The van der Waals surface area contributed by atoms with E-state index < -0.39 is 5.54 Å². The number of rotatable bonds is 5. The maximum absolute atomic E-state index is 9.48. The average Bonchev–Trinajstić information content (AvgIpc) is 3.30. The maximum Gasteiger partial charge on any atom is 0.150 e. The molecule has 136 valence electrons. The first-order valence-corrected chi connectivity index (χ1v) is 10.3. The van der Waals surface area contributed by atoms with Gasteiger partial charge >= 0.3 is 0 Å². The van der Waals surface area contributed by atoms with Crippen LogP contribution in [0.4, 0.5) is 0 Å². The number of nitrogens with one attached hydrogen (secondary N) is 1. The first-order chi connectivity index (χ1) is 12.2. The van der Waals surface area contributed by atoms with E-state index in [4.69, 9.17) is 0 Å². The van der Waals surface area contributed by atoms with Gasteiger partial charge in [0.25, 0.3) is 0 Å². The van der Waals surface area contributed by atoms with Crippen molar-refractivity contribution in [1.29, 1.82) is 5.26 Å². The second-order valence-corrected chi connectivity index (χ2v) is 8.71. The molecule has 0 spiro atoms. The molecule has 0 aliphatic heterocycles. The maximum atomic E-state index is 9.48. The van der Waals surface area contributed by atoms with Gasteiger partial charge in [-0.3, -0.25) is 0 Å². The molecular weight excluding hydrogens is 310 g/mol. The monoisotopic (exact) mass is 341 g/mol. The predicted molar refractivity (Wildman–Crippen MR) is 96.8 cm³/mol. The van der Waals surface area contributed by atoms with Crippen molar-refractivity contribution >= 4 is 0 Å². The minimum absolute atomic E-state index is 0.119. The molecule has 0 radical (unpaired) electrons. The highest BCUT2D eigenvalue weighted by molar-refractivity contribution is 5.20. The van der Waals surface area contributed by atoms with E-state index in [0.717, 1.165) is 18.5 Å². The van der Waals surface area contributed by atoms with Crippen LogP contribution < -0.4 is 5.32 Å². The fraction of sp³-hybridized carbons (Fsp3) is 0.850. The Morgan fingerprint density at radius 1 is 1.12 bits per heavy atom. The number of aromatic nitrogens is 3. The van der Waals surface area contributed by atoms with Gasteiger partial charge in [-0.25, -0.2) is 4.68 Å². The Hall–Kier alpha value is -1.41. The van der Waals surface area contributed by atoms with Crippen LogP contribution >= 0.6 is 0 Å². The zero-order chi connectivity index (χ0) is 17.3. The lowest BCUT2D eigenvalue weighted by molar-refractivity contribution is 0.143. The van der Waals surface area contributed by atoms with Crippen LogP contribution in [0, 0.1) is 17.2 Å². The highest BCUT2D eigenvalue weighted by atomic mass is 15.5. The van der Waals surface area contributed by atoms with E-state index >= 15 is 0 Å². The molecule has 1 N–H and O–H groups in total. The molecule has 4 rings (SSSR count). The summed E-state index contributed by atoms with van der Waals surface area (Å²) in [5, 5.41) is 22.5. The van der Waals surface area contributed by atoms with Crippen molar-refractivity contribution in [2.75, 3.05) is 0 Å². The molecule has 0 aromatic carbocycles. The summed E-state index contributed by atoms with van der Waals surface area (Å²) >= 11 is 0. The molecule has 1 heterocycles. The fourth-order valence-corrected chi connectivity index (χ4v) is 4.97. The van der Waals surface area contributed by atoms with Gasteiger partial charge in [0.1, 0.15) is 5.69 Å². The SMILES string of the molecule is CC(NC1CCCCC1)(c1cn(C2(C#N)CC2)nn1)C1CCCCC1. The van der Waals surface area contributed by atoms with Crippen LogP contribution in [0.2, 0.25) is 0 Å². The lowest BCUT2D eigenvalue weighted by Gasteiger charge is -2.42. The van der Waals surface area contributed by atoms with Crippen molar-refractivity contribution in [3.8, 4) is 6.07 Å². The summed E-state index contributed by atoms with van der Waals surface area (Å²) in [4.78, 5) is 0. The normalized spacial score (nSPS) is 26.7. The largest absolute Gasteiger partial charge is 0.303 e. The third-order valence-corrected chi connectivity index (χ3v) is 6.93. The Morgan fingerprint density at radius 3 is 2.36 bits per heavy atom. The van der Waals surface area contributed by atoms with Crippen LogP contribution in [0.3, 0.4) is 0 Å². The highest BCUT2D eigenvalue weighted by Crippen LogP contribution is 2.44. The van der Waals surface area contributed by atoms with Gasteiger partial charge in [0.2, 0.25) is 0 Å². The number of nitrogens with zero attached hydrogens (tertiary/aromatic N) is 4. The molecule has 1 aromatic rings. The van der Waals surface area contributed by atoms with Gasteiger partial charge in [0.15, 0.2) is 5.54 Å². The summed E-state index contributed by atoms with van der Waals surface area (Å²) in [5.74, 6) is 0.616. The molecule has 3 aliphatic carbocycles. The van der Waals surface area contributed by atoms with Gasteiger partial charge in [0.05, 0.1) is 17.8 Å². The van der Waals surface area contributed by atoms with Gasteiger partial charge in [-0.1, -0.05) is 43.7 Å². The van der Waals surface area contributed by atoms with E-state index in [9.17, 15) is 5.26 Å². The Morgan fingerprint density at radius 2 is 1.76 bits per heavy atom. The quantitative estimate of drug-likeness (QED) is 0.879. The van der Waals surface area contributed by atoms with Crippen LogP contribution in [0.25, 0.3) is 0 Å². The molecule has 5 nitrogen and oxygen atoms in total. The third kappa shape index (κ3) is 3.21. The van der Waals surface area contributed by atoms with Crippen molar-refractivity contribution < 1.29 is 0 Å². The summed E-state index contributed by atoms with van der Waals surface area (Å²) in [6.07, 6.45) is 17.0. The van der Waals surface area contributed by atoms with E-state index in [1.54, 1.807) is 0 Å². The van der Waals surface area contributed by atoms with E-state index in [-0.39, 0.29) is 5.54 Å². The second kappa shape index (κ2) is 6.72. The van der Waals surface area contributed by atoms with Gasteiger partial charge < -0.3 is 5.32 Å². The Bertz CT molecular complexity index is 629.